The third-order valence-electron chi connectivity index (χ3n) is 2.32. The van der Waals surface area contributed by atoms with Crippen LogP contribution in [0.15, 0.2) is 29.9 Å². The number of thiazole rings is 1. The van der Waals surface area contributed by atoms with Crippen molar-refractivity contribution in [3.63, 3.8) is 0 Å². The van der Waals surface area contributed by atoms with Crippen LogP contribution in [0.4, 0.5) is 0 Å². The van der Waals surface area contributed by atoms with Gasteiger partial charge in [-0.05, 0) is 32.9 Å². The Balaban J connectivity index is 2.04. The Bertz CT molecular complexity index is 558. The summed E-state index contributed by atoms with van der Waals surface area (Å²) in [5, 5.41) is 5.75. The lowest BCUT2D eigenvalue weighted by Gasteiger charge is -2.20. The van der Waals surface area contributed by atoms with Crippen molar-refractivity contribution < 1.29 is 4.79 Å². The lowest BCUT2D eigenvalue weighted by atomic mass is 10.1. The van der Waals surface area contributed by atoms with Crippen LogP contribution in [0.2, 0.25) is 0 Å². The summed E-state index contributed by atoms with van der Waals surface area (Å²) >= 11 is 1.53. The summed E-state index contributed by atoms with van der Waals surface area (Å²) < 4.78 is 0. The zero-order valence-corrected chi connectivity index (χ0v) is 12.1. The highest BCUT2D eigenvalue weighted by Gasteiger charge is 2.15. The van der Waals surface area contributed by atoms with Crippen molar-refractivity contribution in [1.82, 2.24) is 15.3 Å². The molecule has 0 aliphatic rings. The van der Waals surface area contributed by atoms with E-state index in [9.17, 15) is 4.79 Å². The molecule has 100 valence electrons. The van der Waals surface area contributed by atoms with Crippen molar-refractivity contribution in [2.45, 2.75) is 32.7 Å². The summed E-state index contributed by atoms with van der Waals surface area (Å²) in [6, 6.07) is 3.84. The monoisotopic (exact) mass is 275 g/mol. The Labute approximate surface area is 116 Å². The molecule has 2 aromatic rings. The highest BCUT2D eigenvalue weighted by molar-refractivity contribution is 7.13. The molecule has 2 rings (SSSR count). The van der Waals surface area contributed by atoms with Crippen LogP contribution >= 0.6 is 11.3 Å². The van der Waals surface area contributed by atoms with Crippen LogP contribution in [-0.4, -0.2) is 21.4 Å². The number of hydrogen-bond acceptors (Lipinski definition) is 4. The summed E-state index contributed by atoms with van der Waals surface area (Å²) in [5.41, 5.74) is 1.57. The molecule has 0 bridgehead atoms. The number of amides is 1. The van der Waals surface area contributed by atoms with E-state index in [1.165, 1.54) is 11.3 Å². The first-order chi connectivity index (χ1) is 8.94. The maximum absolute atomic E-state index is 11.8. The fourth-order valence-electron chi connectivity index (χ4n) is 1.64. The Morgan fingerprint density at radius 1 is 1.42 bits per heavy atom. The summed E-state index contributed by atoms with van der Waals surface area (Å²) in [5.74, 6) is -0.00413. The van der Waals surface area contributed by atoms with E-state index in [0.29, 0.717) is 6.42 Å². The van der Waals surface area contributed by atoms with Crippen LogP contribution in [0.3, 0.4) is 0 Å². The molecule has 0 unspecified atom stereocenters. The van der Waals surface area contributed by atoms with Crippen molar-refractivity contribution in [3.05, 3.63) is 35.6 Å². The van der Waals surface area contributed by atoms with Gasteiger partial charge in [0.1, 0.15) is 5.01 Å². The molecule has 4 nitrogen and oxygen atoms in total. The largest absolute Gasteiger partial charge is 0.351 e. The van der Waals surface area contributed by atoms with Gasteiger partial charge in [0.05, 0.1) is 12.1 Å². The summed E-state index contributed by atoms with van der Waals surface area (Å²) in [7, 11) is 0. The molecule has 0 atom stereocenters. The Morgan fingerprint density at radius 2 is 2.21 bits per heavy atom. The molecule has 0 aliphatic heterocycles. The Hall–Kier alpha value is -1.75. The van der Waals surface area contributed by atoms with Crippen LogP contribution in [-0.2, 0) is 11.2 Å². The van der Waals surface area contributed by atoms with Crippen molar-refractivity contribution in [2.75, 3.05) is 0 Å². The number of rotatable bonds is 3. The van der Waals surface area contributed by atoms with Gasteiger partial charge >= 0.3 is 0 Å². The minimum atomic E-state index is -0.209. The van der Waals surface area contributed by atoms with Crippen molar-refractivity contribution in [1.29, 1.82) is 0 Å². The van der Waals surface area contributed by atoms with Gasteiger partial charge in [0, 0.05) is 28.9 Å². The van der Waals surface area contributed by atoms with Crippen LogP contribution in [0, 0.1) is 0 Å². The van der Waals surface area contributed by atoms with Gasteiger partial charge in [-0.1, -0.05) is 0 Å². The topological polar surface area (TPSA) is 54.9 Å². The van der Waals surface area contributed by atoms with Gasteiger partial charge in [-0.3, -0.25) is 9.78 Å². The molecule has 1 amide bonds. The maximum atomic E-state index is 11.8. The van der Waals surface area contributed by atoms with Gasteiger partial charge in [0.2, 0.25) is 5.91 Å². The van der Waals surface area contributed by atoms with Crippen LogP contribution in [0.1, 0.15) is 26.5 Å². The van der Waals surface area contributed by atoms with Gasteiger partial charge in [-0.15, -0.1) is 11.3 Å². The number of nitrogens with zero attached hydrogens (tertiary/aromatic N) is 2. The predicted molar refractivity (Wildman–Crippen MR) is 76.9 cm³/mol. The first-order valence-electron chi connectivity index (χ1n) is 6.10. The molecule has 1 N–H and O–H groups in total. The van der Waals surface area contributed by atoms with E-state index < -0.39 is 0 Å². The SMILES string of the molecule is CC(C)(C)NC(=O)Cc1csc(-c2cccnc2)n1. The fraction of sp³-hybridized carbons (Fsp3) is 0.357. The van der Waals surface area contributed by atoms with Crippen molar-refractivity contribution in [3.8, 4) is 10.6 Å². The van der Waals surface area contributed by atoms with Gasteiger partial charge in [-0.25, -0.2) is 4.98 Å². The van der Waals surface area contributed by atoms with Gasteiger partial charge in [0.15, 0.2) is 0 Å². The van der Waals surface area contributed by atoms with Crippen LogP contribution in [0.25, 0.3) is 10.6 Å². The highest BCUT2D eigenvalue weighted by atomic mass is 32.1. The average Bonchev–Trinajstić information content (AvgIpc) is 2.76. The zero-order valence-electron chi connectivity index (χ0n) is 11.3. The third kappa shape index (κ3) is 4.13. The number of carbonyl (C=O) groups is 1. The standard InChI is InChI=1S/C14H17N3OS/c1-14(2,3)17-12(18)7-11-9-19-13(16-11)10-5-4-6-15-8-10/h4-6,8-9H,7H2,1-3H3,(H,17,18). The molecule has 0 radical (unpaired) electrons. The molecule has 0 spiro atoms. The first kappa shape index (κ1) is 13.7. The summed E-state index contributed by atoms with van der Waals surface area (Å²) in [6.45, 7) is 5.90. The van der Waals surface area contributed by atoms with E-state index in [1.807, 2.05) is 38.3 Å². The number of carbonyl (C=O) groups excluding carboxylic acids is 1. The van der Waals surface area contributed by atoms with E-state index in [-0.39, 0.29) is 11.4 Å². The summed E-state index contributed by atoms with van der Waals surface area (Å²) in [4.78, 5) is 20.4. The maximum Gasteiger partial charge on any atom is 0.226 e. The lowest BCUT2D eigenvalue weighted by Crippen LogP contribution is -2.41. The molecular formula is C14H17N3OS. The van der Waals surface area contributed by atoms with Gasteiger partial charge in [-0.2, -0.15) is 0 Å². The number of hydrogen-bond donors (Lipinski definition) is 1. The van der Waals surface area contributed by atoms with Crippen LogP contribution < -0.4 is 5.32 Å². The second kappa shape index (κ2) is 5.48. The first-order valence-corrected chi connectivity index (χ1v) is 6.98. The lowest BCUT2D eigenvalue weighted by molar-refractivity contribution is -0.121. The Kier molecular flexibility index (Phi) is 3.95. The number of nitrogens with one attached hydrogen (secondary N) is 1. The average molecular weight is 275 g/mol. The molecule has 0 aliphatic carbocycles. The zero-order chi connectivity index (χ0) is 13.9. The minimum Gasteiger partial charge on any atom is -0.351 e. The van der Waals surface area contributed by atoms with Gasteiger partial charge in [0.25, 0.3) is 0 Å². The van der Waals surface area contributed by atoms with Crippen LogP contribution in [0.5, 0.6) is 0 Å². The minimum absolute atomic E-state index is 0.00413. The second-order valence-corrected chi connectivity index (χ2v) is 6.22. The molecule has 2 heterocycles. The molecule has 2 aromatic heterocycles. The number of pyridine rings is 1. The molecule has 19 heavy (non-hydrogen) atoms. The molecule has 5 heteroatoms. The number of aromatic nitrogens is 2. The molecule has 0 aromatic carbocycles. The fourth-order valence-corrected chi connectivity index (χ4v) is 2.45. The highest BCUT2D eigenvalue weighted by Crippen LogP contribution is 2.22. The molecular weight excluding hydrogens is 258 g/mol. The van der Waals surface area contributed by atoms with E-state index in [4.69, 9.17) is 0 Å². The van der Waals surface area contributed by atoms with Crippen molar-refractivity contribution >= 4 is 17.2 Å². The quantitative estimate of drug-likeness (QED) is 0.937. The van der Waals surface area contributed by atoms with E-state index in [0.717, 1.165) is 16.3 Å². The predicted octanol–water partition coefficient (Wildman–Crippen LogP) is 2.66. The van der Waals surface area contributed by atoms with Crippen molar-refractivity contribution in [2.24, 2.45) is 0 Å². The smallest absolute Gasteiger partial charge is 0.226 e. The Morgan fingerprint density at radius 3 is 2.84 bits per heavy atom. The summed E-state index contributed by atoms with van der Waals surface area (Å²) in [6.07, 6.45) is 3.82. The molecule has 0 fully saturated rings. The normalized spacial score (nSPS) is 11.3. The second-order valence-electron chi connectivity index (χ2n) is 5.36. The van der Waals surface area contributed by atoms with E-state index >= 15 is 0 Å². The van der Waals surface area contributed by atoms with E-state index in [1.54, 1.807) is 12.4 Å². The molecule has 0 saturated carbocycles. The van der Waals surface area contributed by atoms with E-state index in [2.05, 4.69) is 15.3 Å². The van der Waals surface area contributed by atoms with Gasteiger partial charge < -0.3 is 5.32 Å². The third-order valence-corrected chi connectivity index (χ3v) is 3.26. The molecule has 0 saturated heterocycles.